The lowest BCUT2D eigenvalue weighted by atomic mass is 10.1. The van der Waals surface area contributed by atoms with Crippen LogP contribution in [0.3, 0.4) is 0 Å². The number of amides is 1. The largest absolute Gasteiger partial charge is 0.352 e. The number of aryl methyl sites for hydroxylation is 1. The van der Waals surface area contributed by atoms with E-state index in [1.807, 2.05) is 42.5 Å². The molecule has 29 heavy (non-hydrogen) atoms. The smallest absolute Gasteiger partial charge is 0.225 e. The molecule has 1 aromatic carbocycles. The molecular formula is C21H23N7O. The SMILES string of the molecule is O=C(CCc1ccccc1)Nc1ccc(N2CCN(c3ncccn3)CC2)nn1. The third kappa shape index (κ3) is 5.04. The van der Waals surface area contributed by atoms with Crippen LogP contribution in [-0.4, -0.2) is 52.3 Å². The second-order valence-electron chi connectivity index (χ2n) is 6.83. The lowest BCUT2D eigenvalue weighted by Crippen LogP contribution is -2.47. The van der Waals surface area contributed by atoms with Gasteiger partial charge in [-0.3, -0.25) is 4.79 Å². The molecular weight excluding hydrogens is 366 g/mol. The highest BCUT2D eigenvalue weighted by molar-refractivity contribution is 5.89. The summed E-state index contributed by atoms with van der Waals surface area (Å²) >= 11 is 0. The summed E-state index contributed by atoms with van der Waals surface area (Å²) in [6, 6.07) is 15.5. The molecule has 0 saturated carbocycles. The van der Waals surface area contributed by atoms with Crippen LogP contribution in [0.25, 0.3) is 0 Å². The number of benzene rings is 1. The lowest BCUT2D eigenvalue weighted by Gasteiger charge is -2.35. The Balaban J connectivity index is 1.26. The Kier molecular flexibility index (Phi) is 5.89. The number of rotatable bonds is 6. The Labute approximate surface area is 169 Å². The lowest BCUT2D eigenvalue weighted by molar-refractivity contribution is -0.116. The van der Waals surface area contributed by atoms with Crippen LogP contribution in [0.2, 0.25) is 0 Å². The maximum absolute atomic E-state index is 12.1. The van der Waals surface area contributed by atoms with E-state index in [1.165, 1.54) is 0 Å². The van der Waals surface area contributed by atoms with E-state index in [4.69, 9.17) is 0 Å². The van der Waals surface area contributed by atoms with Gasteiger partial charge >= 0.3 is 0 Å². The molecule has 1 aliphatic rings. The Morgan fingerprint density at radius 2 is 1.59 bits per heavy atom. The van der Waals surface area contributed by atoms with E-state index in [1.54, 1.807) is 18.5 Å². The van der Waals surface area contributed by atoms with E-state index in [0.717, 1.165) is 43.5 Å². The van der Waals surface area contributed by atoms with Gasteiger partial charge in [-0.1, -0.05) is 30.3 Å². The summed E-state index contributed by atoms with van der Waals surface area (Å²) in [5, 5.41) is 11.3. The van der Waals surface area contributed by atoms with Gasteiger partial charge < -0.3 is 15.1 Å². The summed E-state index contributed by atoms with van der Waals surface area (Å²) in [5.74, 6) is 1.98. The normalized spacial score (nSPS) is 13.9. The standard InChI is InChI=1S/C21H23N7O/c29-20(10-7-17-5-2-1-3-6-17)24-18-8-9-19(26-25-18)27-13-15-28(16-14-27)21-22-11-4-12-23-21/h1-6,8-9,11-12H,7,10,13-16H2,(H,24,25,29). The maximum Gasteiger partial charge on any atom is 0.225 e. The van der Waals surface area contributed by atoms with Gasteiger partial charge in [-0.25, -0.2) is 9.97 Å². The number of carbonyl (C=O) groups is 1. The summed E-state index contributed by atoms with van der Waals surface area (Å²) in [6.45, 7) is 3.28. The number of hydrogen-bond acceptors (Lipinski definition) is 7. The fourth-order valence-corrected chi connectivity index (χ4v) is 3.26. The van der Waals surface area contributed by atoms with Gasteiger partial charge in [-0.05, 0) is 30.2 Å². The first-order chi connectivity index (χ1) is 14.3. The molecule has 1 N–H and O–H groups in total. The maximum atomic E-state index is 12.1. The topological polar surface area (TPSA) is 87.1 Å². The molecule has 1 amide bonds. The molecule has 1 fully saturated rings. The van der Waals surface area contributed by atoms with Crippen molar-refractivity contribution in [3.8, 4) is 0 Å². The zero-order valence-corrected chi connectivity index (χ0v) is 16.1. The van der Waals surface area contributed by atoms with E-state index < -0.39 is 0 Å². The number of anilines is 3. The minimum Gasteiger partial charge on any atom is -0.352 e. The zero-order chi connectivity index (χ0) is 19.9. The minimum atomic E-state index is -0.0626. The Bertz CT molecular complexity index is 911. The first-order valence-corrected chi connectivity index (χ1v) is 9.72. The number of carbonyl (C=O) groups excluding carboxylic acids is 1. The summed E-state index contributed by atoms with van der Waals surface area (Å²) in [4.78, 5) is 25.1. The van der Waals surface area contributed by atoms with Crippen molar-refractivity contribution >= 4 is 23.5 Å². The molecule has 2 aromatic heterocycles. The molecule has 148 valence electrons. The van der Waals surface area contributed by atoms with E-state index in [-0.39, 0.29) is 5.91 Å². The van der Waals surface area contributed by atoms with Gasteiger partial charge in [0.15, 0.2) is 11.6 Å². The third-order valence-electron chi connectivity index (χ3n) is 4.84. The molecule has 0 unspecified atom stereocenters. The highest BCUT2D eigenvalue weighted by Crippen LogP contribution is 2.16. The molecule has 1 saturated heterocycles. The molecule has 0 atom stereocenters. The molecule has 0 aliphatic carbocycles. The average molecular weight is 389 g/mol. The van der Waals surface area contributed by atoms with Gasteiger partial charge in [0.25, 0.3) is 0 Å². The molecule has 0 radical (unpaired) electrons. The van der Waals surface area contributed by atoms with Crippen molar-refractivity contribution in [3.05, 3.63) is 66.5 Å². The molecule has 8 nitrogen and oxygen atoms in total. The Hall–Kier alpha value is -3.55. The second-order valence-corrected chi connectivity index (χ2v) is 6.83. The van der Waals surface area contributed by atoms with Crippen molar-refractivity contribution < 1.29 is 4.79 Å². The van der Waals surface area contributed by atoms with Crippen LogP contribution in [0.5, 0.6) is 0 Å². The third-order valence-corrected chi connectivity index (χ3v) is 4.84. The van der Waals surface area contributed by atoms with Crippen molar-refractivity contribution in [2.75, 3.05) is 41.3 Å². The van der Waals surface area contributed by atoms with E-state index >= 15 is 0 Å². The molecule has 4 rings (SSSR count). The van der Waals surface area contributed by atoms with Crippen LogP contribution < -0.4 is 15.1 Å². The van der Waals surface area contributed by atoms with Crippen LogP contribution in [0.15, 0.2) is 60.9 Å². The zero-order valence-electron chi connectivity index (χ0n) is 16.1. The fraction of sp³-hybridized carbons (Fsp3) is 0.286. The Morgan fingerprint density at radius 3 is 2.28 bits per heavy atom. The summed E-state index contributed by atoms with van der Waals surface area (Å²) in [6.07, 6.45) is 4.63. The van der Waals surface area contributed by atoms with Gasteiger partial charge in [0, 0.05) is 45.0 Å². The van der Waals surface area contributed by atoms with Gasteiger partial charge in [-0.15, -0.1) is 10.2 Å². The van der Waals surface area contributed by atoms with Crippen LogP contribution in [-0.2, 0) is 11.2 Å². The second kappa shape index (κ2) is 9.09. The molecule has 3 aromatic rings. The highest BCUT2D eigenvalue weighted by Gasteiger charge is 2.20. The van der Waals surface area contributed by atoms with Gasteiger partial charge in [-0.2, -0.15) is 0 Å². The van der Waals surface area contributed by atoms with Gasteiger partial charge in [0.2, 0.25) is 11.9 Å². The Morgan fingerprint density at radius 1 is 0.862 bits per heavy atom. The predicted molar refractivity (Wildman–Crippen MR) is 112 cm³/mol. The first kappa shape index (κ1) is 18.8. The average Bonchev–Trinajstić information content (AvgIpc) is 2.80. The minimum absolute atomic E-state index is 0.0626. The van der Waals surface area contributed by atoms with Crippen molar-refractivity contribution in [2.24, 2.45) is 0 Å². The number of piperazine rings is 1. The molecule has 8 heteroatoms. The molecule has 0 bridgehead atoms. The summed E-state index contributed by atoms with van der Waals surface area (Å²) in [5.41, 5.74) is 1.14. The predicted octanol–water partition coefficient (Wildman–Crippen LogP) is 2.16. The molecule has 1 aliphatic heterocycles. The van der Waals surface area contributed by atoms with Crippen molar-refractivity contribution in [1.29, 1.82) is 0 Å². The van der Waals surface area contributed by atoms with E-state index in [9.17, 15) is 4.79 Å². The van der Waals surface area contributed by atoms with Gasteiger partial charge in [0.05, 0.1) is 0 Å². The first-order valence-electron chi connectivity index (χ1n) is 9.72. The van der Waals surface area contributed by atoms with Crippen molar-refractivity contribution in [1.82, 2.24) is 20.2 Å². The fourth-order valence-electron chi connectivity index (χ4n) is 3.26. The van der Waals surface area contributed by atoms with Crippen LogP contribution in [0, 0.1) is 0 Å². The van der Waals surface area contributed by atoms with Crippen LogP contribution in [0.4, 0.5) is 17.6 Å². The summed E-state index contributed by atoms with van der Waals surface area (Å²) < 4.78 is 0. The van der Waals surface area contributed by atoms with Gasteiger partial charge in [0.1, 0.15) is 0 Å². The highest BCUT2D eigenvalue weighted by atomic mass is 16.1. The quantitative estimate of drug-likeness (QED) is 0.691. The monoisotopic (exact) mass is 389 g/mol. The molecule has 3 heterocycles. The number of nitrogens with zero attached hydrogens (tertiary/aromatic N) is 6. The number of aromatic nitrogens is 4. The summed E-state index contributed by atoms with van der Waals surface area (Å²) in [7, 11) is 0. The number of hydrogen-bond donors (Lipinski definition) is 1. The number of nitrogens with one attached hydrogen (secondary N) is 1. The van der Waals surface area contributed by atoms with Crippen molar-refractivity contribution in [3.63, 3.8) is 0 Å². The van der Waals surface area contributed by atoms with Crippen molar-refractivity contribution in [2.45, 2.75) is 12.8 Å². The molecule has 0 spiro atoms. The van der Waals surface area contributed by atoms with Crippen LogP contribution >= 0.6 is 0 Å². The van der Waals surface area contributed by atoms with E-state index in [0.29, 0.717) is 18.7 Å². The van der Waals surface area contributed by atoms with E-state index in [2.05, 4.69) is 35.3 Å². The van der Waals surface area contributed by atoms with Crippen LogP contribution in [0.1, 0.15) is 12.0 Å².